The number of hydrogen-bond acceptors (Lipinski definition) is 6. The second-order valence-corrected chi connectivity index (χ2v) is 6.05. The van der Waals surface area contributed by atoms with Crippen molar-refractivity contribution in [1.82, 2.24) is 13.7 Å². The van der Waals surface area contributed by atoms with E-state index in [1.807, 2.05) is 0 Å². The minimum Gasteiger partial charge on any atom is -0.462 e. The number of nitrogens with zero attached hydrogens (tertiary/aromatic N) is 3. The summed E-state index contributed by atoms with van der Waals surface area (Å²) in [5.41, 5.74) is -2.42. The average Bonchev–Trinajstić information content (AvgIpc) is 2.72. The van der Waals surface area contributed by atoms with Crippen LogP contribution < -0.4 is 22.4 Å². The zero-order valence-electron chi connectivity index (χ0n) is 16.5. The van der Waals surface area contributed by atoms with Crippen molar-refractivity contribution < 1.29 is 14.3 Å². The molecule has 10 nitrogen and oxygen atoms in total. The summed E-state index contributed by atoms with van der Waals surface area (Å²) in [6.07, 6.45) is 2.65. The first kappa shape index (κ1) is 22.3. The molecule has 1 amide bonds. The number of esters is 1. The third-order valence-electron chi connectivity index (χ3n) is 4.01. The van der Waals surface area contributed by atoms with Crippen LogP contribution >= 0.6 is 0 Å². The minimum atomic E-state index is -0.945. The molecule has 30 heavy (non-hydrogen) atoms. The van der Waals surface area contributed by atoms with Gasteiger partial charge in [-0.25, -0.2) is 32.9 Å². The van der Waals surface area contributed by atoms with Crippen molar-refractivity contribution in [2.45, 2.75) is 26.6 Å². The fourth-order valence-corrected chi connectivity index (χ4v) is 2.70. The van der Waals surface area contributed by atoms with Gasteiger partial charge in [0.2, 0.25) is 5.91 Å². The van der Waals surface area contributed by atoms with Gasteiger partial charge in [-0.1, -0.05) is 24.3 Å². The Balaban J connectivity index is 2.43. The van der Waals surface area contributed by atoms with E-state index in [1.54, 1.807) is 19.1 Å². The molecule has 1 heterocycles. The van der Waals surface area contributed by atoms with Crippen LogP contribution in [0.2, 0.25) is 0 Å². The normalized spacial score (nSPS) is 10.3. The van der Waals surface area contributed by atoms with Crippen LogP contribution in [-0.2, 0) is 29.2 Å². The summed E-state index contributed by atoms with van der Waals surface area (Å²) in [6.45, 7) is 7.84. The summed E-state index contributed by atoms with van der Waals surface area (Å²) in [4.78, 5) is 62.1. The molecule has 0 radical (unpaired) electrons. The van der Waals surface area contributed by atoms with Crippen molar-refractivity contribution in [3.05, 3.63) is 86.6 Å². The highest BCUT2D eigenvalue weighted by Gasteiger charge is 2.18. The van der Waals surface area contributed by atoms with Crippen molar-refractivity contribution in [1.29, 1.82) is 0 Å². The van der Waals surface area contributed by atoms with Crippen LogP contribution in [0, 0.1) is 0 Å². The van der Waals surface area contributed by atoms with Crippen molar-refractivity contribution in [2.75, 3.05) is 11.9 Å². The highest BCUT2D eigenvalue weighted by Crippen LogP contribution is 2.16. The standard InChI is InChI=1S/C20H22N4O6/c1-4-11-22-18(27)23(12-5-2)20(29)24(19(22)28)13-16(25)21-15-10-8-7-9-14(15)17(26)30-6-3/h4-5,7-10H,1-2,6,11-13H2,3H3,(H,21,25). The zero-order chi connectivity index (χ0) is 22.3. The first-order chi connectivity index (χ1) is 14.3. The Bertz CT molecular complexity index is 1110. The Morgan fingerprint density at radius 1 is 0.967 bits per heavy atom. The van der Waals surface area contributed by atoms with Crippen LogP contribution in [0.3, 0.4) is 0 Å². The lowest BCUT2D eigenvalue weighted by Crippen LogP contribution is -2.55. The lowest BCUT2D eigenvalue weighted by Gasteiger charge is -2.13. The Kier molecular flexibility index (Phi) is 7.45. The highest BCUT2D eigenvalue weighted by molar-refractivity contribution is 6.01. The maximum atomic E-state index is 12.6. The smallest absolute Gasteiger partial charge is 0.340 e. The highest BCUT2D eigenvalue weighted by atomic mass is 16.5. The predicted octanol–water partition coefficient (Wildman–Crippen LogP) is 0.359. The van der Waals surface area contributed by atoms with E-state index in [4.69, 9.17) is 4.74 Å². The van der Waals surface area contributed by atoms with Crippen LogP contribution in [0.15, 0.2) is 64.0 Å². The van der Waals surface area contributed by atoms with Crippen LogP contribution in [0.5, 0.6) is 0 Å². The average molecular weight is 414 g/mol. The SMILES string of the molecule is C=CCn1c(=O)n(CC=C)c(=O)n(CC(=O)Nc2ccccc2C(=O)OCC)c1=O. The molecule has 1 aromatic heterocycles. The summed E-state index contributed by atoms with van der Waals surface area (Å²) in [5.74, 6) is -1.36. The maximum Gasteiger partial charge on any atom is 0.340 e. The third kappa shape index (κ3) is 4.72. The van der Waals surface area contributed by atoms with Crippen molar-refractivity contribution in [2.24, 2.45) is 0 Å². The molecule has 0 spiro atoms. The van der Waals surface area contributed by atoms with Crippen molar-refractivity contribution >= 4 is 17.6 Å². The van der Waals surface area contributed by atoms with Crippen molar-refractivity contribution in [3.8, 4) is 0 Å². The number of anilines is 1. The van der Waals surface area contributed by atoms with Gasteiger partial charge in [-0.3, -0.25) is 4.79 Å². The second-order valence-electron chi connectivity index (χ2n) is 6.05. The fraction of sp³-hybridized carbons (Fsp3) is 0.250. The van der Waals surface area contributed by atoms with E-state index in [-0.39, 0.29) is 30.9 Å². The van der Waals surface area contributed by atoms with Crippen molar-refractivity contribution in [3.63, 3.8) is 0 Å². The van der Waals surface area contributed by atoms with E-state index in [0.29, 0.717) is 4.57 Å². The molecule has 0 aliphatic carbocycles. The van der Waals surface area contributed by atoms with Gasteiger partial charge in [0.05, 0.1) is 30.9 Å². The van der Waals surface area contributed by atoms with E-state index in [0.717, 1.165) is 9.13 Å². The number of benzene rings is 1. The lowest BCUT2D eigenvalue weighted by molar-refractivity contribution is -0.116. The molecule has 0 aliphatic heterocycles. The molecular formula is C20H22N4O6. The molecule has 1 N–H and O–H groups in total. The number of hydrogen-bond donors (Lipinski definition) is 1. The molecule has 0 atom stereocenters. The van der Waals surface area contributed by atoms with Gasteiger partial charge in [0.15, 0.2) is 0 Å². The third-order valence-corrected chi connectivity index (χ3v) is 4.01. The molecule has 0 unspecified atom stereocenters. The van der Waals surface area contributed by atoms with Gasteiger partial charge < -0.3 is 10.1 Å². The number of allylic oxidation sites excluding steroid dienone is 2. The summed E-state index contributed by atoms with van der Waals surface area (Å²) >= 11 is 0. The topological polar surface area (TPSA) is 121 Å². The fourth-order valence-electron chi connectivity index (χ4n) is 2.70. The van der Waals surface area contributed by atoms with Gasteiger partial charge in [0.1, 0.15) is 6.54 Å². The molecule has 10 heteroatoms. The second kappa shape index (κ2) is 10.0. The number of ether oxygens (including phenoxy) is 1. The quantitative estimate of drug-likeness (QED) is 0.467. The summed E-state index contributed by atoms with van der Waals surface area (Å²) in [7, 11) is 0. The van der Waals surface area contributed by atoms with Gasteiger partial charge >= 0.3 is 23.0 Å². The molecule has 0 aliphatic rings. The molecular weight excluding hydrogens is 392 g/mol. The molecule has 2 rings (SSSR count). The Labute approximate surface area is 171 Å². The van der Waals surface area contributed by atoms with Crippen LogP contribution in [0.25, 0.3) is 0 Å². The number of aromatic nitrogens is 3. The first-order valence-electron chi connectivity index (χ1n) is 9.07. The molecule has 0 fully saturated rings. The first-order valence-corrected chi connectivity index (χ1v) is 9.07. The Morgan fingerprint density at radius 3 is 2.03 bits per heavy atom. The molecule has 1 aromatic carbocycles. The van der Waals surface area contributed by atoms with Gasteiger partial charge in [-0.05, 0) is 19.1 Å². The molecule has 0 bridgehead atoms. The summed E-state index contributed by atoms with van der Waals surface area (Å²) in [5, 5.41) is 2.49. The Hall–Kier alpha value is -3.95. The van der Waals surface area contributed by atoms with E-state index in [2.05, 4.69) is 18.5 Å². The number of nitrogens with one attached hydrogen (secondary N) is 1. The lowest BCUT2D eigenvalue weighted by atomic mass is 10.2. The van der Waals surface area contributed by atoms with E-state index >= 15 is 0 Å². The molecule has 0 saturated carbocycles. The van der Waals surface area contributed by atoms with E-state index in [9.17, 15) is 24.0 Å². The number of carbonyl (C=O) groups is 2. The van der Waals surface area contributed by atoms with Crippen LogP contribution in [0.4, 0.5) is 5.69 Å². The Morgan fingerprint density at radius 2 is 1.50 bits per heavy atom. The molecule has 2 aromatic rings. The van der Waals surface area contributed by atoms with E-state index in [1.165, 1.54) is 24.3 Å². The predicted molar refractivity (Wildman–Crippen MR) is 111 cm³/mol. The van der Waals surface area contributed by atoms with Crippen LogP contribution in [-0.4, -0.2) is 32.2 Å². The number of para-hydroxylation sites is 1. The van der Waals surface area contributed by atoms with Crippen LogP contribution in [0.1, 0.15) is 17.3 Å². The largest absolute Gasteiger partial charge is 0.462 e. The summed E-state index contributed by atoms with van der Waals surface area (Å²) < 4.78 is 7.16. The number of carbonyl (C=O) groups excluding carboxylic acids is 2. The molecule has 0 saturated heterocycles. The van der Waals surface area contributed by atoms with Gasteiger partial charge in [0, 0.05) is 0 Å². The van der Waals surface area contributed by atoms with Gasteiger partial charge in [-0.2, -0.15) is 0 Å². The summed E-state index contributed by atoms with van der Waals surface area (Å²) in [6, 6.07) is 6.17. The monoisotopic (exact) mass is 414 g/mol. The number of amides is 1. The molecule has 158 valence electrons. The zero-order valence-corrected chi connectivity index (χ0v) is 16.5. The minimum absolute atomic E-state index is 0.126. The maximum absolute atomic E-state index is 12.6. The van der Waals surface area contributed by atoms with Gasteiger partial charge in [0.25, 0.3) is 0 Å². The van der Waals surface area contributed by atoms with E-state index < -0.39 is 35.5 Å². The van der Waals surface area contributed by atoms with Gasteiger partial charge in [-0.15, -0.1) is 13.2 Å². The number of rotatable bonds is 9.